The zero-order chi connectivity index (χ0) is 17.8. The van der Waals surface area contributed by atoms with Crippen molar-refractivity contribution < 1.29 is 9.53 Å². The van der Waals surface area contributed by atoms with Crippen LogP contribution in [-0.2, 0) is 18.3 Å². The summed E-state index contributed by atoms with van der Waals surface area (Å²) in [5.74, 6) is 1.71. The molecule has 5 nitrogen and oxygen atoms in total. The topological polar surface area (TPSA) is 56.1 Å². The van der Waals surface area contributed by atoms with E-state index in [0.717, 1.165) is 28.2 Å². The highest BCUT2D eigenvalue weighted by molar-refractivity contribution is 5.78. The molecule has 3 rings (SSSR count). The van der Waals surface area contributed by atoms with Gasteiger partial charge in [0.2, 0.25) is 5.91 Å². The second kappa shape index (κ2) is 7.38. The number of rotatable bonds is 6. The second-order valence-corrected chi connectivity index (χ2v) is 6.16. The van der Waals surface area contributed by atoms with Crippen molar-refractivity contribution in [2.75, 3.05) is 7.11 Å². The van der Waals surface area contributed by atoms with E-state index in [4.69, 9.17) is 4.74 Å². The van der Waals surface area contributed by atoms with E-state index in [2.05, 4.69) is 10.3 Å². The van der Waals surface area contributed by atoms with Crippen LogP contribution in [0.5, 0.6) is 5.75 Å². The number of aryl methyl sites for hydroxylation is 2. The van der Waals surface area contributed by atoms with Crippen molar-refractivity contribution >= 4 is 16.9 Å². The summed E-state index contributed by atoms with van der Waals surface area (Å²) < 4.78 is 7.18. The summed E-state index contributed by atoms with van der Waals surface area (Å²) in [6.45, 7) is 1.96. The molecule has 2 aromatic carbocycles. The van der Waals surface area contributed by atoms with Gasteiger partial charge in [-0.25, -0.2) is 4.98 Å². The lowest BCUT2D eigenvalue weighted by molar-refractivity contribution is -0.121. The van der Waals surface area contributed by atoms with Gasteiger partial charge in [-0.05, 0) is 43.2 Å². The van der Waals surface area contributed by atoms with E-state index in [-0.39, 0.29) is 11.9 Å². The number of carbonyl (C=O) groups is 1. The zero-order valence-corrected chi connectivity index (χ0v) is 14.8. The lowest BCUT2D eigenvalue weighted by atomic mass is 10.1. The number of imidazole rings is 1. The summed E-state index contributed by atoms with van der Waals surface area (Å²) in [4.78, 5) is 16.9. The maximum Gasteiger partial charge on any atom is 0.220 e. The van der Waals surface area contributed by atoms with Crippen molar-refractivity contribution in [3.8, 4) is 5.75 Å². The fourth-order valence-corrected chi connectivity index (χ4v) is 2.98. The summed E-state index contributed by atoms with van der Waals surface area (Å²) in [5.41, 5.74) is 3.13. The Hall–Kier alpha value is -2.82. The van der Waals surface area contributed by atoms with E-state index in [1.165, 1.54) is 0 Å². The molecule has 0 radical (unpaired) electrons. The largest absolute Gasteiger partial charge is 0.497 e. The molecular formula is C20H23N3O2. The first-order chi connectivity index (χ1) is 12.1. The third-order valence-corrected chi connectivity index (χ3v) is 4.39. The summed E-state index contributed by atoms with van der Waals surface area (Å²) >= 11 is 0. The number of carbonyl (C=O) groups excluding carboxylic acids is 1. The van der Waals surface area contributed by atoms with Gasteiger partial charge in [-0.15, -0.1) is 0 Å². The molecule has 0 fully saturated rings. The Labute approximate surface area is 147 Å². The average Bonchev–Trinajstić information content (AvgIpc) is 2.98. The predicted octanol–water partition coefficient (Wildman–Crippen LogP) is 3.39. The van der Waals surface area contributed by atoms with Crippen LogP contribution in [0.2, 0.25) is 0 Å². The number of nitrogens with zero attached hydrogens (tertiary/aromatic N) is 2. The number of para-hydroxylation sites is 2. The molecule has 0 unspecified atom stereocenters. The first-order valence-electron chi connectivity index (χ1n) is 8.42. The van der Waals surface area contributed by atoms with E-state index in [0.29, 0.717) is 12.8 Å². The van der Waals surface area contributed by atoms with Crippen LogP contribution in [0.25, 0.3) is 11.0 Å². The Morgan fingerprint density at radius 3 is 2.60 bits per heavy atom. The number of ether oxygens (including phenoxy) is 1. The molecule has 5 heteroatoms. The molecular weight excluding hydrogens is 314 g/mol. The number of nitrogens with one attached hydrogen (secondary N) is 1. The number of benzene rings is 2. The fourth-order valence-electron chi connectivity index (χ4n) is 2.98. The summed E-state index contributed by atoms with van der Waals surface area (Å²) in [7, 11) is 3.62. The molecule has 0 aliphatic rings. The third kappa shape index (κ3) is 3.82. The maximum absolute atomic E-state index is 12.3. The minimum absolute atomic E-state index is 0.0235. The zero-order valence-electron chi connectivity index (χ0n) is 14.8. The molecule has 0 saturated heterocycles. The lowest BCUT2D eigenvalue weighted by Gasteiger charge is -2.14. The normalized spacial score (nSPS) is 12.1. The van der Waals surface area contributed by atoms with Gasteiger partial charge in [-0.2, -0.15) is 0 Å². The Morgan fingerprint density at radius 1 is 1.20 bits per heavy atom. The monoisotopic (exact) mass is 337 g/mol. The van der Waals surface area contributed by atoms with Gasteiger partial charge in [-0.3, -0.25) is 4.79 Å². The SMILES string of the molecule is COc1ccc(CCC(=O)N[C@H](C)c2nc3ccccc3n2C)cc1. The first-order valence-corrected chi connectivity index (χ1v) is 8.42. The van der Waals surface area contributed by atoms with Crippen LogP contribution in [0.1, 0.15) is 30.8 Å². The van der Waals surface area contributed by atoms with E-state index in [1.54, 1.807) is 7.11 Å². The molecule has 1 N–H and O–H groups in total. The lowest BCUT2D eigenvalue weighted by Crippen LogP contribution is -2.28. The van der Waals surface area contributed by atoms with E-state index in [1.807, 2.05) is 67.1 Å². The van der Waals surface area contributed by atoms with Gasteiger partial charge in [-0.1, -0.05) is 24.3 Å². The number of hydrogen-bond donors (Lipinski definition) is 1. The molecule has 0 spiro atoms. The van der Waals surface area contributed by atoms with E-state index in [9.17, 15) is 4.79 Å². The molecule has 130 valence electrons. The predicted molar refractivity (Wildman–Crippen MR) is 98.6 cm³/mol. The van der Waals surface area contributed by atoms with Crippen molar-refractivity contribution in [1.82, 2.24) is 14.9 Å². The summed E-state index contributed by atoms with van der Waals surface area (Å²) in [6.07, 6.45) is 1.14. The quantitative estimate of drug-likeness (QED) is 0.750. The van der Waals surface area contributed by atoms with Crippen molar-refractivity contribution in [2.24, 2.45) is 7.05 Å². The van der Waals surface area contributed by atoms with Crippen molar-refractivity contribution in [1.29, 1.82) is 0 Å². The van der Waals surface area contributed by atoms with Gasteiger partial charge in [0.25, 0.3) is 0 Å². The highest BCUT2D eigenvalue weighted by atomic mass is 16.5. The van der Waals surface area contributed by atoms with Crippen molar-refractivity contribution in [3.05, 3.63) is 59.9 Å². The molecule has 0 aliphatic heterocycles. The highest BCUT2D eigenvalue weighted by Gasteiger charge is 2.16. The summed E-state index contributed by atoms with van der Waals surface area (Å²) in [6, 6.07) is 15.6. The molecule has 0 saturated carbocycles. The minimum Gasteiger partial charge on any atom is -0.497 e. The minimum atomic E-state index is -0.138. The molecule has 1 heterocycles. The standard InChI is InChI=1S/C20H23N3O2/c1-14(20-22-17-6-4-5-7-18(17)23(20)2)21-19(24)13-10-15-8-11-16(25-3)12-9-15/h4-9,11-12,14H,10,13H2,1-3H3,(H,21,24)/t14-/m1/s1. The number of hydrogen-bond acceptors (Lipinski definition) is 3. The average molecular weight is 337 g/mol. The van der Waals surface area contributed by atoms with Crippen molar-refractivity contribution in [3.63, 3.8) is 0 Å². The molecule has 1 aromatic heterocycles. The smallest absolute Gasteiger partial charge is 0.220 e. The van der Waals surface area contributed by atoms with Gasteiger partial charge in [0.05, 0.1) is 24.2 Å². The van der Waals surface area contributed by atoms with Gasteiger partial charge in [0.15, 0.2) is 0 Å². The van der Waals surface area contributed by atoms with Gasteiger partial charge in [0, 0.05) is 13.5 Å². The van der Waals surface area contributed by atoms with Gasteiger partial charge >= 0.3 is 0 Å². The van der Waals surface area contributed by atoms with E-state index >= 15 is 0 Å². The van der Waals surface area contributed by atoms with Gasteiger partial charge < -0.3 is 14.6 Å². The third-order valence-electron chi connectivity index (χ3n) is 4.39. The van der Waals surface area contributed by atoms with Crippen LogP contribution >= 0.6 is 0 Å². The number of methoxy groups -OCH3 is 1. The van der Waals surface area contributed by atoms with Crippen LogP contribution in [0.3, 0.4) is 0 Å². The molecule has 3 aromatic rings. The summed E-state index contributed by atoms with van der Waals surface area (Å²) in [5, 5.41) is 3.04. The number of amides is 1. The number of aromatic nitrogens is 2. The number of fused-ring (bicyclic) bond motifs is 1. The molecule has 1 atom stereocenters. The van der Waals surface area contributed by atoms with Crippen LogP contribution in [0.4, 0.5) is 0 Å². The molecule has 0 aliphatic carbocycles. The Balaban J connectivity index is 1.60. The fraction of sp³-hybridized carbons (Fsp3) is 0.300. The van der Waals surface area contributed by atoms with Crippen LogP contribution < -0.4 is 10.1 Å². The highest BCUT2D eigenvalue weighted by Crippen LogP contribution is 2.19. The van der Waals surface area contributed by atoms with Crippen LogP contribution in [0, 0.1) is 0 Å². The van der Waals surface area contributed by atoms with Crippen LogP contribution in [-0.4, -0.2) is 22.6 Å². The molecule has 25 heavy (non-hydrogen) atoms. The second-order valence-electron chi connectivity index (χ2n) is 6.16. The van der Waals surface area contributed by atoms with Crippen molar-refractivity contribution in [2.45, 2.75) is 25.8 Å². The Kier molecular flexibility index (Phi) is 5.03. The van der Waals surface area contributed by atoms with Gasteiger partial charge in [0.1, 0.15) is 11.6 Å². The Morgan fingerprint density at radius 2 is 1.92 bits per heavy atom. The van der Waals surface area contributed by atoms with E-state index < -0.39 is 0 Å². The molecule has 0 bridgehead atoms. The first kappa shape index (κ1) is 17.0. The molecule has 1 amide bonds. The maximum atomic E-state index is 12.3. The van der Waals surface area contributed by atoms with Crippen LogP contribution in [0.15, 0.2) is 48.5 Å². The Bertz CT molecular complexity index is 868.